The number of hydrogen-bond acceptors (Lipinski definition) is 6. The third-order valence-electron chi connectivity index (χ3n) is 3.23. The van der Waals surface area contributed by atoms with Crippen molar-refractivity contribution in [2.24, 2.45) is 0 Å². The van der Waals surface area contributed by atoms with E-state index in [0.29, 0.717) is 12.8 Å². The molecule has 0 aromatic heterocycles. The van der Waals surface area contributed by atoms with Crippen LogP contribution in [0, 0.1) is 21.4 Å². The Kier molecular flexibility index (Phi) is 4.35. The van der Waals surface area contributed by atoms with Crippen molar-refractivity contribution >= 4 is 17.3 Å². The molecular formula is C13H13N3O5. The standard InChI is InChI=1S/C13H13N3O5/c14-6-8-1-3-10(11(5-8)16(19)20)15-7-9-2-4-12(21-9)13(17)18/h1,3,5,9,12,15H,2,4,7H2,(H,17,18). The lowest BCUT2D eigenvalue weighted by Crippen LogP contribution is -2.24. The number of carboxylic acid groups (broad SMARTS) is 1. The van der Waals surface area contributed by atoms with Gasteiger partial charge in [-0.15, -0.1) is 0 Å². The molecule has 21 heavy (non-hydrogen) atoms. The van der Waals surface area contributed by atoms with Crippen molar-refractivity contribution in [1.82, 2.24) is 0 Å². The average Bonchev–Trinajstić information content (AvgIpc) is 2.94. The molecule has 2 N–H and O–H groups in total. The van der Waals surface area contributed by atoms with Gasteiger partial charge in [-0.2, -0.15) is 5.26 Å². The topological polar surface area (TPSA) is 125 Å². The maximum absolute atomic E-state index is 11.0. The maximum atomic E-state index is 11.0. The molecule has 0 saturated carbocycles. The van der Waals surface area contributed by atoms with E-state index >= 15 is 0 Å². The van der Waals surface area contributed by atoms with Gasteiger partial charge >= 0.3 is 5.97 Å². The summed E-state index contributed by atoms with van der Waals surface area (Å²) >= 11 is 0. The van der Waals surface area contributed by atoms with Crippen molar-refractivity contribution < 1.29 is 19.6 Å². The zero-order valence-corrected chi connectivity index (χ0v) is 11.0. The van der Waals surface area contributed by atoms with E-state index in [1.54, 1.807) is 0 Å². The van der Waals surface area contributed by atoms with Crippen LogP contribution in [-0.4, -0.2) is 34.8 Å². The molecule has 1 saturated heterocycles. The smallest absolute Gasteiger partial charge is 0.332 e. The van der Waals surface area contributed by atoms with Gasteiger partial charge in [-0.05, 0) is 25.0 Å². The zero-order chi connectivity index (χ0) is 15.4. The highest BCUT2D eigenvalue weighted by molar-refractivity contribution is 5.72. The van der Waals surface area contributed by atoms with E-state index in [4.69, 9.17) is 15.1 Å². The Balaban J connectivity index is 2.02. The predicted octanol–water partition coefficient (Wildman–Crippen LogP) is 1.51. The summed E-state index contributed by atoms with van der Waals surface area (Å²) in [5.74, 6) is -0.998. The quantitative estimate of drug-likeness (QED) is 0.622. The van der Waals surface area contributed by atoms with Gasteiger partial charge in [0.2, 0.25) is 0 Å². The second-order valence-corrected chi connectivity index (χ2v) is 4.64. The van der Waals surface area contributed by atoms with Crippen molar-refractivity contribution in [3.63, 3.8) is 0 Å². The minimum atomic E-state index is -0.998. The normalized spacial score (nSPS) is 20.7. The molecule has 1 heterocycles. The van der Waals surface area contributed by atoms with E-state index in [1.807, 2.05) is 6.07 Å². The Morgan fingerprint density at radius 1 is 1.57 bits per heavy atom. The first kappa shape index (κ1) is 14.7. The Labute approximate surface area is 120 Å². The SMILES string of the molecule is N#Cc1ccc(NCC2CCC(C(=O)O)O2)c([N+](=O)[O-])c1. The molecule has 0 radical (unpaired) electrons. The number of anilines is 1. The van der Waals surface area contributed by atoms with Crippen molar-refractivity contribution in [2.45, 2.75) is 25.0 Å². The van der Waals surface area contributed by atoms with Gasteiger partial charge in [0.15, 0.2) is 6.10 Å². The van der Waals surface area contributed by atoms with Crippen LogP contribution in [0.3, 0.4) is 0 Å². The summed E-state index contributed by atoms with van der Waals surface area (Å²) in [6.45, 7) is 0.274. The lowest BCUT2D eigenvalue weighted by Gasteiger charge is -2.13. The van der Waals surface area contributed by atoms with Crippen molar-refractivity contribution in [2.75, 3.05) is 11.9 Å². The number of nitriles is 1. The summed E-state index contributed by atoms with van der Waals surface area (Å²) in [6, 6.07) is 5.97. The summed E-state index contributed by atoms with van der Waals surface area (Å²) < 4.78 is 5.31. The highest BCUT2D eigenvalue weighted by Crippen LogP contribution is 2.26. The average molecular weight is 291 g/mol. The highest BCUT2D eigenvalue weighted by atomic mass is 16.6. The van der Waals surface area contributed by atoms with Crippen molar-refractivity contribution in [1.29, 1.82) is 5.26 Å². The van der Waals surface area contributed by atoms with Crippen LogP contribution in [0.25, 0.3) is 0 Å². The Hall–Kier alpha value is -2.66. The molecule has 2 atom stereocenters. The monoisotopic (exact) mass is 291 g/mol. The number of rotatable bonds is 5. The lowest BCUT2D eigenvalue weighted by atomic mass is 10.1. The third kappa shape index (κ3) is 3.46. The number of nitro benzene ring substituents is 1. The molecule has 1 aromatic rings. The van der Waals surface area contributed by atoms with E-state index < -0.39 is 17.0 Å². The molecule has 1 aliphatic rings. The summed E-state index contributed by atoms with van der Waals surface area (Å²) in [4.78, 5) is 21.2. The Morgan fingerprint density at radius 2 is 2.33 bits per heavy atom. The van der Waals surface area contributed by atoms with E-state index in [1.165, 1.54) is 18.2 Å². The predicted molar refractivity (Wildman–Crippen MR) is 71.8 cm³/mol. The molecule has 1 aromatic carbocycles. The van der Waals surface area contributed by atoms with E-state index in [2.05, 4.69) is 5.32 Å². The highest BCUT2D eigenvalue weighted by Gasteiger charge is 2.30. The van der Waals surface area contributed by atoms with Gasteiger partial charge in [-0.25, -0.2) is 4.79 Å². The van der Waals surface area contributed by atoms with Gasteiger partial charge in [0.1, 0.15) is 5.69 Å². The van der Waals surface area contributed by atoms with Gasteiger partial charge in [0.05, 0.1) is 22.7 Å². The minimum Gasteiger partial charge on any atom is -0.479 e. The number of benzene rings is 1. The van der Waals surface area contributed by atoms with Gasteiger partial charge < -0.3 is 15.2 Å². The molecule has 1 fully saturated rings. The molecule has 1 aliphatic heterocycles. The molecule has 2 rings (SSSR count). The summed E-state index contributed by atoms with van der Waals surface area (Å²) in [6.07, 6.45) is -0.111. The minimum absolute atomic E-state index is 0.193. The fourth-order valence-corrected chi connectivity index (χ4v) is 2.16. The number of aliphatic carboxylic acids is 1. The third-order valence-corrected chi connectivity index (χ3v) is 3.23. The molecule has 8 nitrogen and oxygen atoms in total. The number of ether oxygens (including phenoxy) is 1. The molecule has 0 spiro atoms. The number of hydrogen-bond donors (Lipinski definition) is 2. The van der Waals surface area contributed by atoms with Crippen LogP contribution in [0.4, 0.5) is 11.4 Å². The molecule has 0 bridgehead atoms. The van der Waals surface area contributed by atoms with Crippen molar-refractivity contribution in [3.05, 3.63) is 33.9 Å². The number of nitrogens with one attached hydrogen (secondary N) is 1. The first-order valence-electron chi connectivity index (χ1n) is 6.32. The Morgan fingerprint density at radius 3 is 2.90 bits per heavy atom. The van der Waals surface area contributed by atoms with Gasteiger partial charge in [-0.3, -0.25) is 10.1 Å². The Bertz CT molecular complexity index is 610. The lowest BCUT2D eigenvalue weighted by molar-refractivity contribution is -0.384. The van der Waals surface area contributed by atoms with Crippen LogP contribution in [0.5, 0.6) is 0 Å². The summed E-state index contributed by atoms with van der Waals surface area (Å²) in [5, 5.41) is 31.4. The van der Waals surface area contributed by atoms with Crippen LogP contribution < -0.4 is 5.32 Å². The van der Waals surface area contributed by atoms with Crippen LogP contribution in [0.1, 0.15) is 18.4 Å². The number of carboxylic acids is 1. The molecule has 2 unspecified atom stereocenters. The van der Waals surface area contributed by atoms with Crippen LogP contribution in [0.2, 0.25) is 0 Å². The van der Waals surface area contributed by atoms with Crippen LogP contribution in [0.15, 0.2) is 18.2 Å². The van der Waals surface area contributed by atoms with E-state index in [9.17, 15) is 14.9 Å². The first-order chi connectivity index (χ1) is 10.0. The zero-order valence-electron chi connectivity index (χ0n) is 11.0. The maximum Gasteiger partial charge on any atom is 0.332 e. The van der Waals surface area contributed by atoms with Crippen molar-refractivity contribution in [3.8, 4) is 6.07 Å². The van der Waals surface area contributed by atoms with E-state index in [0.717, 1.165) is 0 Å². The van der Waals surface area contributed by atoms with Gasteiger partial charge in [-0.1, -0.05) is 0 Å². The first-order valence-corrected chi connectivity index (χ1v) is 6.32. The largest absolute Gasteiger partial charge is 0.479 e. The summed E-state index contributed by atoms with van der Waals surface area (Å²) in [5.41, 5.74) is 0.290. The second-order valence-electron chi connectivity index (χ2n) is 4.64. The van der Waals surface area contributed by atoms with Crippen LogP contribution in [-0.2, 0) is 9.53 Å². The van der Waals surface area contributed by atoms with E-state index in [-0.39, 0.29) is 29.6 Å². The number of nitro groups is 1. The molecule has 110 valence electrons. The number of nitrogens with zero attached hydrogens (tertiary/aromatic N) is 2. The fraction of sp³-hybridized carbons (Fsp3) is 0.385. The molecular weight excluding hydrogens is 278 g/mol. The van der Waals surface area contributed by atoms with Crippen LogP contribution >= 0.6 is 0 Å². The molecule has 8 heteroatoms. The second kappa shape index (κ2) is 6.19. The fourth-order valence-electron chi connectivity index (χ4n) is 2.16. The molecule has 0 aliphatic carbocycles. The summed E-state index contributed by atoms with van der Waals surface area (Å²) in [7, 11) is 0. The molecule has 0 amide bonds. The van der Waals surface area contributed by atoms with Gasteiger partial charge in [0, 0.05) is 12.6 Å². The van der Waals surface area contributed by atoms with Gasteiger partial charge in [0.25, 0.3) is 5.69 Å². The number of carbonyl (C=O) groups is 1.